The molecule has 2 aliphatic rings. The molecule has 0 aromatic carbocycles. The van der Waals surface area contributed by atoms with E-state index >= 15 is 0 Å². The van der Waals surface area contributed by atoms with Crippen LogP contribution in [-0.2, 0) is 0 Å². The number of halogens is 5. The van der Waals surface area contributed by atoms with E-state index in [1.165, 1.54) is 11.2 Å². The highest BCUT2D eigenvalue weighted by molar-refractivity contribution is 9.14. The van der Waals surface area contributed by atoms with Crippen LogP contribution in [-0.4, -0.2) is 11.2 Å². The van der Waals surface area contributed by atoms with Crippen molar-refractivity contribution in [2.75, 3.05) is 0 Å². The number of nitrogens with one attached hydrogen (secondary N) is 1. The van der Waals surface area contributed by atoms with Gasteiger partial charge in [-0.2, -0.15) is 13.2 Å². The highest BCUT2D eigenvalue weighted by atomic mass is 79.9. The molecule has 2 nitrogen and oxygen atoms in total. The summed E-state index contributed by atoms with van der Waals surface area (Å²) in [6, 6.07) is 0. The lowest BCUT2D eigenvalue weighted by molar-refractivity contribution is -0.149. The molecule has 0 aromatic rings. The molecule has 0 saturated carbocycles. The van der Waals surface area contributed by atoms with Gasteiger partial charge in [-0.1, -0.05) is 6.08 Å². The van der Waals surface area contributed by atoms with E-state index < -0.39 is 12.1 Å². The van der Waals surface area contributed by atoms with Crippen LogP contribution in [0.15, 0.2) is 33.1 Å². The molecule has 0 aliphatic carbocycles. The Morgan fingerprint density at radius 2 is 2.00 bits per heavy atom. The number of rotatable bonds is 0. The van der Waals surface area contributed by atoms with Crippen molar-refractivity contribution in [1.29, 1.82) is 0 Å². The first-order chi connectivity index (χ1) is 6.89. The minimum absolute atomic E-state index is 0.465. The fraction of sp³-hybridized carbons (Fsp3) is 0.250. The average molecular weight is 346 g/mol. The van der Waals surface area contributed by atoms with Crippen LogP contribution < -0.4 is 5.43 Å². The van der Waals surface area contributed by atoms with Crippen molar-refractivity contribution < 1.29 is 13.2 Å². The first kappa shape index (κ1) is 11.1. The number of nitrogens with zero attached hydrogens (tertiary/aromatic N) is 1. The third-order valence-electron chi connectivity index (χ3n) is 2.05. The van der Waals surface area contributed by atoms with Crippen molar-refractivity contribution in [2.45, 2.75) is 6.18 Å². The van der Waals surface area contributed by atoms with Crippen LogP contribution in [0.25, 0.3) is 0 Å². The average Bonchev–Trinajstić information content (AvgIpc) is 2.41. The van der Waals surface area contributed by atoms with Crippen LogP contribution in [0.2, 0.25) is 0 Å². The number of fused-ring (bicyclic) bond motifs is 1. The van der Waals surface area contributed by atoms with E-state index in [9.17, 15) is 13.2 Å². The van der Waals surface area contributed by atoms with Gasteiger partial charge in [0.2, 0.25) is 0 Å². The maximum Gasteiger partial charge on any atom is 0.398 e. The van der Waals surface area contributed by atoms with E-state index in [1.54, 1.807) is 0 Å². The Kier molecular flexibility index (Phi) is 2.62. The normalized spacial score (nSPS) is 25.3. The highest BCUT2D eigenvalue weighted by Gasteiger charge is 2.40. The second-order valence-corrected chi connectivity index (χ2v) is 4.66. The van der Waals surface area contributed by atoms with Gasteiger partial charge >= 0.3 is 6.18 Å². The van der Waals surface area contributed by atoms with Gasteiger partial charge in [0.1, 0.15) is 4.61 Å². The molecule has 2 rings (SSSR count). The predicted octanol–water partition coefficient (Wildman–Crippen LogP) is 3.36. The Balaban J connectivity index is 2.33. The van der Waals surface area contributed by atoms with Crippen molar-refractivity contribution in [3.8, 4) is 0 Å². The first-order valence-electron chi connectivity index (χ1n) is 3.98. The van der Waals surface area contributed by atoms with Gasteiger partial charge in [0.15, 0.2) is 0 Å². The Bertz CT molecular complexity index is 384. The molecule has 0 spiro atoms. The Morgan fingerprint density at radius 3 is 2.60 bits per heavy atom. The molecule has 1 atom stereocenters. The van der Waals surface area contributed by atoms with Crippen LogP contribution >= 0.6 is 31.9 Å². The Hall–Kier alpha value is -0.430. The maximum atomic E-state index is 12.4. The highest BCUT2D eigenvalue weighted by Crippen LogP contribution is 2.39. The number of alkyl halides is 3. The topological polar surface area (TPSA) is 15.3 Å². The van der Waals surface area contributed by atoms with E-state index in [2.05, 4.69) is 37.3 Å². The van der Waals surface area contributed by atoms with Crippen LogP contribution in [0.5, 0.6) is 0 Å². The quantitative estimate of drug-likeness (QED) is 0.677. The summed E-state index contributed by atoms with van der Waals surface area (Å²) in [4.78, 5) is 0. The molecule has 7 heteroatoms. The molecule has 0 amide bonds. The molecule has 0 radical (unpaired) electrons. The summed E-state index contributed by atoms with van der Waals surface area (Å²) in [6.07, 6.45) is -0.616. The lowest BCUT2D eigenvalue weighted by atomic mass is 10.1. The van der Waals surface area contributed by atoms with Crippen molar-refractivity contribution in [2.24, 2.45) is 5.92 Å². The van der Waals surface area contributed by atoms with Gasteiger partial charge in [0.05, 0.1) is 16.1 Å². The van der Waals surface area contributed by atoms with Crippen molar-refractivity contribution in [3.05, 3.63) is 33.1 Å². The van der Waals surface area contributed by atoms with Gasteiger partial charge in [-0.15, -0.1) is 0 Å². The molecule has 0 aromatic heterocycles. The van der Waals surface area contributed by atoms with Gasteiger partial charge in [0.25, 0.3) is 0 Å². The zero-order valence-corrected chi connectivity index (χ0v) is 10.3. The van der Waals surface area contributed by atoms with E-state index in [1.807, 2.05) is 0 Å². The molecule has 0 fully saturated rings. The molecule has 2 heterocycles. The lowest BCUT2D eigenvalue weighted by Gasteiger charge is -2.24. The monoisotopic (exact) mass is 344 g/mol. The first-order valence-corrected chi connectivity index (χ1v) is 5.56. The van der Waals surface area contributed by atoms with Crippen LogP contribution in [0.1, 0.15) is 0 Å². The second kappa shape index (κ2) is 3.55. The summed E-state index contributed by atoms with van der Waals surface area (Å²) in [5, 5.41) is 1.51. The molecule has 1 unspecified atom stereocenters. The molecular weight excluding hydrogens is 341 g/mol. The zero-order valence-electron chi connectivity index (χ0n) is 7.15. The van der Waals surface area contributed by atoms with E-state index in [4.69, 9.17) is 0 Å². The van der Waals surface area contributed by atoms with Crippen LogP contribution in [0, 0.1) is 5.92 Å². The maximum absolute atomic E-state index is 12.4. The van der Waals surface area contributed by atoms with Crippen LogP contribution in [0.3, 0.4) is 0 Å². The minimum atomic E-state index is -4.24. The SMILES string of the molecule is FC(F)(F)C1C=CN2NC(Br)=C(Br)C2=C1. The number of allylic oxidation sites excluding steroid dienone is 3. The Labute approximate surface area is 101 Å². The van der Waals surface area contributed by atoms with Crippen LogP contribution in [0.4, 0.5) is 13.2 Å². The van der Waals surface area contributed by atoms with Crippen molar-refractivity contribution in [3.63, 3.8) is 0 Å². The molecule has 0 bridgehead atoms. The van der Waals surface area contributed by atoms with Gasteiger partial charge < -0.3 is 0 Å². The third-order valence-corrected chi connectivity index (χ3v) is 3.96. The predicted molar refractivity (Wildman–Crippen MR) is 56.6 cm³/mol. The molecule has 0 saturated heterocycles. The van der Waals surface area contributed by atoms with Crippen molar-refractivity contribution >= 4 is 31.9 Å². The molecular formula is C8H5Br2F3N2. The van der Waals surface area contributed by atoms with Gasteiger partial charge in [-0.25, -0.2) is 0 Å². The van der Waals surface area contributed by atoms with E-state index in [0.29, 0.717) is 14.8 Å². The lowest BCUT2D eigenvalue weighted by Crippen LogP contribution is -2.30. The second-order valence-electron chi connectivity index (χ2n) is 3.07. The molecule has 82 valence electrons. The van der Waals surface area contributed by atoms with Gasteiger partial charge in [-0.3, -0.25) is 10.4 Å². The molecule has 2 aliphatic heterocycles. The summed E-state index contributed by atoms with van der Waals surface area (Å²) in [7, 11) is 0. The fourth-order valence-electron chi connectivity index (χ4n) is 1.31. The smallest absolute Gasteiger partial charge is 0.286 e. The number of hydrogen-bond donors (Lipinski definition) is 1. The van der Waals surface area contributed by atoms with Crippen molar-refractivity contribution in [1.82, 2.24) is 10.4 Å². The summed E-state index contributed by atoms with van der Waals surface area (Å²) in [5.41, 5.74) is 3.30. The molecule has 15 heavy (non-hydrogen) atoms. The fourth-order valence-corrected chi connectivity index (χ4v) is 2.12. The largest absolute Gasteiger partial charge is 0.398 e. The van der Waals surface area contributed by atoms with E-state index in [0.717, 1.165) is 12.2 Å². The Morgan fingerprint density at radius 1 is 1.33 bits per heavy atom. The third kappa shape index (κ3) is 1.94. The summed E-state index contributed by atoms with van der Waals surface area (Å²) >= 11 is 6.39. The number of hydrogen-bond acceptors (Lipinski definition) is 2. The minimum Gasteiger partial charge on any atom is -0.286 e. The van der Waals surface area contributed by atoms with E-state index in [-0.39, 0.29) is 0 Å². The zero-order chi connectivity index (χ0) is 11.2. The van der Waals surface area contributed by atoms with Gasteiger partial charge in [0, 0.05) is 6.20 Å². The standard InChI is InChI=1S/C8H5Br2F3N2/c9-6-5-3-4(8(11,12)13)1-2-15(5)14-7(6)10/h1-4,14H. The number of hydrazine groups is 1. The summed E-state index contributed by atoms with van der Waals surface area (Å²) < 4.78 is 38.5. The molecule has 1 N–H and O–H groups in total. The summed E-state index contributed by atoms with van der Waals surface area (Å²) in [5.74, 6) is -1.53. The van der Waals surface area contributed by atoms with Gasteiger partial charge in [-0.05, 0) is 37.9 Å². The summed E-state index contributed by atoms with van der Waals surface area (Å²) in [6.45, 7) is 0.